The Labute approximate surface area is 101 Å². The molecule has 0 radical (unpaired) electrons. The number of rotatable bonds is 1. The minimum absolute atomic E-state index is 0.412. The second-order valence-corrected chi connectivity index (χ2v) is 4.97. The second-order valence-electron chi connectivity index (χ2n) is 4.97. The first-order chi connectivity index (χ1) is 8.20. The highest BCUT2D eigenvalue weighted by Crippen LogP contribution is 2.40. The molecule has 0 aromatic carbocycles. The van der Waals surface area contributed by atoms with Gasteiger partial charge in [-0.3, -0.25) is 0 Å². The van der Waals surface area contributed by atoms with E-state index < -0.39 is 0 Å². The van der Waals surface area contributed by atoms with E-state index in [1.165, 1.54) is 16.8 Å². The highest BCUT2D eigenvalue weighted by atomic mass is 16.3. The minimum Gasteiger partial charge on any atom is -0.506 e. The summed E-state index contributed by atoms with van der Waals surface area (Å²) >= 11 is 0. The lowest BCUT2D eigenvalue weighted by Crippen LogP contribution is -2.14. The normalized spacial score (nSPS) is 22.1. The van der Waals surface area contributed by atoms with Gasteiger partial charge < -0.3 is 15.0 Å². The van der Waals surface area contributed by atoms with Crippen LogP contribution in [0.3, 0.4) is 0 Å². The number of nitrogens with zero attached hydrogens (tertiary/aromatic N) is 1. The predicted molar refractivity (Wildman–Crippen MR) is 69.5 cm³/mol. The van der Waals surface area contributed by atoms with E-state index in [-0.39, 0.29) is 0 Å². The van der Waals surface area contributed by atoms with E-state index in [1.807, 2.05) is 6.08 Å². The molecule has 0 bridgehead atoms. The number of hydrogen-bond acceptors (Lipinski definition) is 2. The van der Waals surface area contributed by atoms with Crippen molar-refractivity contribution in [2.45, 2.75) is 32.2 Å². The number of fused-ring (bicyclic) bond motifs is 3. The highest BCUT2D eigenvalue weighted by molar-refractivity contribution is 5.71. The van der Waals surface area contributed by atoms with Gasteiger partial charge in [0.15, 0.2) is 0 Å². The summed E-state index contributed by atoms with van der Waals surface area (Å²) < 4.78 is 0. The number of aromatic nitrogens is 1. The van der Waals surface area contributed by atoms with Gasteiger partial charge in [0.1, 0.15) is 5.76 Å². The topological polar surface area (TPSA) is 39.3 Å². The van der Waals surface area contributed by atoms with Crippen LogP contribution in [0.5, 0.6) is 0 Å². The maximum Gasteiger partial charge on any atom is 0.135 e. The number of aliphatic hydroxyl groups is 1. The molecule has 3 nitrogen and oxygen atoms in total. The summed E-state index contributed by atoms with van der Waals surface area (Å²) in [6, 6.07) is 0. The molecule has 0 saturated heterocycles. The molecule has 1 aromatic rings. The lowest BCUT2D eigenvalue weighted by molar-refractivity contribution is 0.441. The van der Waals surface area contributed by atoms with Gasteiger partial charge in [0.2, 0.25) is 0 Å². The number of aromatic amines is 1. The Kier molecular flexibility index (Phi) is 2.28. The summed E-state index contributed by atoms with van der Waals surface area (Å²) in [4.78, 5) is 5.53. The Morgan fingerprint density at radius 3 is 3.12 bits per heavy atom. The Hall–Kier alpha value is -1.64. The molecule has 2 N–H and O–H groups in total. The SMILES string of the molecule is CCC1CC=C(O)c2[nH]c3c(c21)C=CN(C)C3. The van der Waals surface area contributed by atoms with Gasteiger partial charge in [-0.15, -0.1) is 0 Å². The van der Waals surface area contributed by atoms with Crippen molar-refractivity contribution in [2.24, 2.45) is 0 Å². The number of H-pyrrole nitrogens is 1. The van der Waals surface area contributed by atoms with Crippen molar-refractivity contribution in [3.8, 4) is 0 Å². The summed E-state index contributed by atoms with van der Waals surface area (Å²) in [5.41, 5.74) is 4.77. The average Bonchev–Trinajstić information content (AvgIpc) is 2.69. The van der Waals surface area contributed by atoms with Gasteiger partial charge >= 0.3 is 0 Å². The van der Waals surface area contributed by atoms with Crippen LogP contribution in [0, 0.1) is 0 Å². The third-order valence-electron chi connectivity index (χ3n) is 3.82. The van der Waals surface area contributed by atoms with Crippen LogP contribution in [0.2, 0.25) is 0 Å². The van der Waals surface area contributed by atoms with Gasteiger partial charge in [-0.1, -0.05) is 6.92 Å². The van der Waals surface area contributed by atoms with Gasteiger partial charge in [0.25, 0.3) is 0 Å². The Bertz CT molecular complexity index is 511. The summed E-state index contributed by atoms with van der Waals surface area (Å²) in [6.45, 7) is 3.10. The van der Waals surface area contributed by atoms with Crippen LogP contribution in [0.1, 0.15) is 48.2 Å². The molecule has 1 aliphatic heterocycles. The minimum atomic E-state index is 0.412. The zero-order chi connectivity index (χ0) is 12.0. The van der Waals surface area contributed by atoms with Gasteiger partial charge in [-0.2, -0.15) is 0 Å². The molecule has 90 valence electrons. The first-order valence-electron chi connectivity index (χ1n) is 6.23. The Morgan fingerprint density at radius 1 is 1.53 bits per heavy atom. The second kappa shape index (κ2) is 3.69. The van der Waals surface area contributed by atoms with Crippen molar-refractivity contribution in [2.75, 3.05) is 7.05 Å². The molecule has 0 fully saturated rings. The summed E-state index contributed by atoms with van der Waals surface area (Å²) in [5, 5.41) is 9.98. The molecule has 1 unspecified atom stereocenters. The molecule has 0 amide bonds. The van der Waals surface area contributed by atoms with E-state index in [0.717, 1.165) is 25.1 Å². The van der Waals surface area contributed by atoms with Crippen LogP contribution in [-0.2, 0) is 6.54 Å². The Balaban J connectivity index is 2.17. The van der Waals surface area contributed by atoms with Crippen molar-refractivity contribution < 1.29 is 5.11 Å². The number of nitrogens with one attached hydrogen (secondary N) is 1. The number of hydrogen-bond donors (Lipinski definition) is 2. The molecule has 2 heterocycles. The summed E-state index contributed by atoms with van der Waals surface area (Å²) in [7, 11) is 2.06. The molecule has 1 atom stereocenters. The van der Waals surface area contributed by atoms with E-state index in [4.69, 9.17) is 0 Å². The monoisotopic (exact) mass is 230 g/mol. The summed E-state index contributed by atoms with van der Waals surface area (Å²) in [5.74, 6) is 0.948. The molecular formula is C14H18N2O. The molecular weight excluding hydrogens is 212 g/mol. The zero-order valence-electron chi connectivity index (χ0n) is 10.3. The van der Waals surface area contributed by atoms with E-state index in [9.17, 15) is 5.11 Å². The first-order valence-corrected chi connectivity index (χ1v) is 6.23. The zero-order valence-corrected chi connectivity index (χ0v) is 10.3. The van der Waals surface area contributed by atoms with E-state index >= 15 is 0 Å². The molecule has 0 spiro atoms. The van der Waals surface area contributed by atoms with Crippen LogP contribution in [0.15, 0.2) is 12.3 Å². The third-order valence-corrected chi connectivity index (χ3v) is 3.82. The smallest absolute Gasteiger partial charge is 0.135 e. The molecule has 0 saturated carbocycles. The van der Waals surface area contributed by atoms with Crippen molar-refractivity contribution in [3.05, 3.63) is 34.8 Å². The maximum atomic E-state index is 9.98. The van der Waals surface area contributed by atoms with Crippen molar-refractivity contribution >= 4 is 11.8 Å². The van der Waals surface area contributed by atoms with E-state index in [1.54, 1.807) is 0 Å². The first kappa shape index (κ1) is 10.5. The fourth-order valence-corrected chi connectivity index (χ4v) is 2.87. The standard InChI is InChI=1S/C14H18N2O/c1-3-9-4-5-12(17)14-13(9)10-6-7-16(2)8-11(10)15-14/h5-7,9,15,17H,3-4,8H2,1-2H3. The molecule has 1 aliphatic carbocycles. The van der Waals surface area contributed by atoms with Crippen LogP contribution in [0.4, 0.5) is 0 Å². The molecule has 2 aliphatic rings. The summed E-state index contributed by atoms with van der Waals surface area (Å²) in [6.07, 6.45) is 8.27. The third kappa shape index (κ3) is 1.49. The van der Waals surface area contributed by atoms with E-state index in [2.05, 4.69) is 36.1 Å². The average molecular weight is 230 g/mol. The number of aliphatic hydroxyl groups excluding tert-OH is 1. The largest absolute Gasteiger partial charge is 0.506 e. The van der Waals surface area contributed by atoms with Crippen LogP contribution < -0.4 is 0 Å². The maximum absolute atomic E-state index is 9.98. The Morgan fingerprint density at radius 2 is 2.35 bits per heavy atom. The fraction of sp³-hybridized carbons (Fsp3) is 0.429. The van der Waals surface area contributed by atoms with E-state index in [0.29, 0.717) is 11.7 Å². The van der Waals surface area contributed by atoms with Crippen LogP contribution in [-0.4, -0.2) is 22.0 Å². The van der Waals surface area contributed by atoms with Crippen molar-refractivity contribution in [1.29, 1.82) is 0 Å². The molecule has 17 heavy (non-hydrogen) atoms. The predicted octanol–water partition coefficient (Wildman–Crippen LogP) is 3.23. The lowest BCUT2D eigenvalue weighted by atomic mass is 9.85. The van der Waals surface area contributed by atoms with Gasteiger partial charge in [0, 0.05) is 18.3 Å². The fourth-order valence-electron chi connectivity index (χ4n) is 2.87. The number of allylic oxidation sites excluding steroid dienone is 1. The quantitative estimate of drug-likeness (QED) is 0.777. The van der Waals surface area contributed by atoms with Gasteiger partial charge in [-0.25, -0.2) is 0 Å². The van der Waals surface area contributed by atoms with Crippen LogP contribution >= 0.6 is 0 Å². The van der Waals surface area contributed by atoms with Gasteiger partial charge in [-0.05, 0) is 42.7 Å². The van der Waals surface area contributed by atoms with Crippen molar-refractivity contribution in [3.63, 3.8) is 0 Å². The molecule has 1 aromatic heterocycles. The van der Waals surface area contributed by atoms with Gasteiger partial charge in [0.05, 0.1) is 12.2 Å². The molecule has 3 heteroatoms. The van der Waals surface area contributed by atoms with Crippen molar-refractivity contribution in [1.82, 2.24) is 9.88 Å². The lowest BCUT2D eigenvalue weighted by Gasteiger charge is -2.22. The highest BCUT2D eigenvalue weighted by Gasteiger charge is 2.28. The van der Waals surface area contributed by atoms with Crippen LogP contribution in [0.25, 0.3) is 11.8 Å². The molecule has 3 rings (SSSR count).